The molecule has 0 aliphatic heterocycles. The van der Waals surface area contributed by atoms with Gasteiger partial charge in [-0.25, -0.2) is 4.79 Å². The van der Waals surface area contributed by atoms with Crippen molar-refractivity contribution in [1.29, 1.82) is 0 Å². The molecular formula is C13H18N2O5. The van der Waals surface area contributed by atoms with Crippen molar-refractivity contribution in [2.45, 2.75) is 26.3 Å². The van der Waals surface area contributed by atoms with Gasteiger partial charge in [-0.3, -0.25) is 10.1 Å². The normalized spacial score (nSPS) is 13.4. The van der Waals surface area contributed by atoms with Gasteiger partial charge in [-0.2, -0.15) is 0 Å². The molecule has 1 aromatic rings. The lowest BCUT2D eigenvalue weighted by Crippen LogP contribution is -2.51. The van der Waals surface area contributed by atoms with Gasteiger partial charge in [0.15, 0.2) is 0 Å². The lowest BCUT2D eigenvalue weighted by molar-refractivity contribution is -0.384. The first kappa shape index (κ1) is 15.9. The number of benzene rings is 1. The molecule has 20 heavy (non-hydrogen) atoms. The van der Waals surface area contributed by atoms with Crippen LogP contribution in [-0.2, 0) is 9.53 Å². The second-order valence-corrected chi connectivity index (χ2v) is 4.63. The van der Waals surface area contributed by atoms with Crippen molar-refractivity contribution in [1.82, 2.24) is 0 Å². The minimum Gasteiger partial charge on any atom is -0.491 e. The minimum atomic E-state index is -1.27. The molecule has 0 aliphatic rings. The average Bonchev–Trinajstić information content (AvgIpc) is 2.37. The molecule has 0 radical (unpaired) electrons. The number of aryl methyl sites for hydroxylation is 1. The number of nitrogens with zero attached hydrogens (tertiary/aromatic N) is 1. The van der Waals surface area contributed by atoms with Crippen LogP contribution in [0.2, 0.25) is 0 Å². The largest absolute Gasteiger partial charge is 0.491 e. The lowest BCUT2D eigenvalue weighted by atomic mass is 10.1. The number of hydrogen-bond donors (Lipinski definition) is 1. The van der Waals surface area contributed by atoms with Crippen LogP contribution in [0, 0.1) is 17.0 Å². The van der Waals surface area contributed by atoms with Crippen molar-refractivity contribution in [3.63, 3.8) is 0 Å². The molecule has 0 heterocycles. The van der Waals surface area contributed by atoms with Crippen molar-refractivity contribution in [3.8, 4) is 5.75 Å². The molecule has 1 atom stereocenters. The molecule has 0 aromatic heterocycles. The lowest BCUT2D eigenvalue weighted by Gasteiger charge is -2.22. The zero-order chi connectivity index (χ0) is 15.3. The maximum atomic E-state index is 11.6. The van der Waals surface area contributed by atoms with E-state index in [1.165, 1.54) is 25.1 Å². The van der Waals surface area contributed by atoms with Gasteiger partial charge < -0.3 is 15.2 Å². The Bertz CT molecular complexity index is 513. The van der Waals surface area contributed by atoms with E-state index in [0.29, 0.717) is 11.3 Å². The van der Waals surface area contributed by atoms with Crippen molar-refractivity contribution < 1.29 is 19.2 Å². The summed E-state index contributed by atoms with van der Waals surface area (Å²) in [5.74, 6) is -0.115. The van der Waals surface area contributed by atoms with Gasteiger partial charge in [-0.1, -0.05) is 0 Å². The number of nitrogens with two attached hydrogens (primary N) is 1. The molecule has 7 nitrogen and oxygen atoms in total. The number of nitro benzene ring substituents is 1. The summed E-state index contributed by atoms with van der Waals surface area (Å²) < 4.78 is 10.3. The van der Waals surface area contributed by atoms with Gasteiger partial charge in [-0.15, -0.1) is 0 Å². The van der Waals surface area contributed by atoms with Crippen LogP contribution in [0.5, 0.6) is 5.75 Å². The van der Waals surface area contributed by atoms with E-state index in [-0.39, 0.29) is 18.9 Å². The van der Waals surface area contributed by atoms with E-state index in [2.05, 4.69) is 0 Å². The topological polar surface area (TPSA) is 105 Å². The van der Waals surface area contributed by atoms with Gasteiger partial charge in [0.1, 0.15) is 17.9 Å². The molecule has 0 amide bonds. The highest BCUT2D eigenvalue weighted by molar-refractivity contribution is 5.80. The van der Waals surface area contributed by atoms with Gasteiger partial charge >= 0.3 is 5.97 Å². The van der Waals surface area contributed by atoms with Crippen molar-refractivity contribution in [2.24, 2.45) is 5.73 Å². The van der Waals surface area contributed by atoms with Crippen molar-refractivity contribution in [3.05, 3.63) is 33.9 Å². The van der Waals surface area contributed by atoms with Crippen LogP contribution < -0.4 is 10.5 Å². The highest BCUT2D eigenvalue weighted by Crippen LogP contribution is 2.23. The molecule has 1 rings (SSSR count). The fourth-order valence-electron chi connectivity index (χ4n) is 1.49. The summed E-state index contributed by atoms with van der Waals surface area (Å²) in [5, 5.41) is 10.6. The average molecular weight is 282 g/mol. The first-order chi connectivity index (χ1) is 9.27. The SMILES string of the molecule is CCOC(=O)C(C)(N)COc1ccc([N+](=O)[O-])cc1C. The second-order valence-electron chi connectivity index (χ2n) is 4.63. The van der Waals surface area contributed by atoms with E-state index >= 15 is 0 Å². The fourth-order valence-corrected chi connectivity index (χ4v) is 1.49. The molecule has 0 bridgehead atoms. The Labute approximate surface area is 116 Å². The molecular weight excluding hydrogens is 264 g/mol. The van der Waals surface area contributed by atoms with Crippen molar-refractivity contribution in [2.75, 3.05) is 13.2 Å². The maximum Gasteiger partial charge on any atom is 0.329 e. The van der Waals surface area contributed by atoms with Crippen LogP contribution in [-0.4, -0.2) is 29.6 Å². The summed E-state index contributed by atoms with van der Waals surface area (Å²) in [5.41, 5.74) is 5.12. The third-order valence-electron chi connectivity index (χ3n) is 2.64. The molecule has 0 aliphatic carbocycles. The predicted octanol–water partition coefficient (Wildman–Crippen LogP) is 1.56. The second kappa shape index (κ2) is 6.33. The summed E-state index contributed by atoms with van der Waals surface area (Å²) in [6, 6.07) is 4.21. The molecule has 1 unspecified atom stereocenters. The molecule has 110 valence electrons. The highest BCUT2D eigenvalue weighted by Gasteiger charge is 2.31. The van der Waals surface area contributed by atoms with E-state index in [4.69, 9.17) is 15.2 Å². The van der Waals surface area contributed by atoms with Gasteiger partial charge in [-0.05, 0) is 32.4 Å². The van der Waals surface area contributed by atoms with Crippen LogP contribution >= 0.6 is 0 Å². The summed E-state index contributed by atoms with van der Waals surface area (Å²) in [6.07, 6.45) is 0. The molecule has 2 N–H and O–H groups in total. The van der Waals surface area contributed by atoms with Gasteiger partial charge in [0.2, 0.25) is 0 Å². The number of carbonyl (C=O) groups is 1. The Morgan fingerprint density at radius 3 is 2.65 bits per heavy atom. The first-order valence-corrected chi connectivity index (χ1v) is 6.12. The quantitative estimate of drug-likeness (QED) is 0.482. The number of nitro groups is 1. The number of ether oxygens (including phenoxy) is 2. The van der Waals surface area contributed by atoms with E-state index in [9.17, 15) is 14.9 Å². The third kappa shape index (κ3) is 3.92. The van der Waals surface area contributed by atoms with Gasteiger partial charge in [0, 0.05) is 12.1 Å². The van der Waals surface area contributed by atoms with Crippen LogP contribution in [0.25, 0.3) is 0 Å². The van der Waals surface area contributed by atoms with E-state index < -0.39 is 16.4 Å². The van der Waals surface area contributed by atoms with Crippen molar-refractivity contribution >= 4 is 11.7 Å². The summed E-state index contributed by atoms with van der Waals surface area (Å²) >= 11 is 0. The Morgan fingerprint density at radius 1 is 1.50 bits per heavy atom. The van der Waals surface area contributed by atoms with E-state index in [1.807, 2.05) is 0 Å². The fraction of sp³-hybridized carbons (Fsp3) is 0.462. The molecule has 1 aromatic carbocycles. The standard InChI is InChI=1S/C13H18N2O5/c1-4-19-12(16)13(3,14)8-20-11-6-5-10(15(17)18)7-9(11)2/h5-7H,4,8,14H2,1-3H3. The molecule has 0 saturated carbocycles. The number of rotatable bonds is 6. The molecule has 7 heteroatoms. The molecule has 0 saturated heterocycles. The number of non-ortho nitro benzene ring substituents is 1. The predicted molar refractivity (Wildman–Crippen MR) is 72.6 cm³/mol. The first-order valence-electron chi connectivity index (χ1n) is 6.12. The monoisotopic (exact) mass is 282 g/mol. The minimum absolute atomic E-state index is 0.0178. The Morgan fingerprint density at radius 2 is 2.15 bits per heavy atom. The summed E-state index contributed by atoms with van der Waals surface area (Å²) in [4.78, 5) is 21.7. The smallest absolute Gasteiger partial charge is 0.329 e. The number of hydrogen-bond acceptors (Lipinski definition) is 6. The zero-order valence-corrected chi connectivity index (χ0v) is 11.7. The molecule has 0 fully saturated rings. The van der Waals surface area contributed by atoms with Crippen LogP contribution in [0.3, 0.4) is 0 Å². The van der Waals surface area contributed by atoms with Crippen LogP contribution in [0.1, 0.15) is 19.4 Å². The summed E-state index contributed by atoms with van der Waals surface area (Å²) in [6.45, 7) is 5.04. The third-order valence-corrected chi connectivity index (χ3v) is 2.64. The van der Waals surface area contributed by atoms with E-state index in [0.717, 1.165) is 0 Å². The van der Waals surface area contributed by atoms with Gasteiger partial charge in [0.25, 0.3) is 5.69 Å². The maximum absolute atomic E-state index is 11.6. The Kier molecular flexibility index (Phi) is 5.04. The van der Waals surface area contributed by atoms with Gasteiger partial charge in [0.05, 0.1) is 11.5 Å². The van der Waals surface area contributed by atoms with Crippen LogP contribution in [0.4, 0.5) is 5.69 Å². The Balaban J connectivity index is 2.75. The number of carbonyl (C=O) groups excluding carboxylic acids is 1. The highest BCUT2D eigenvalue weighted by atomic mass is 16.6. The zero-order valence-electron chi connectivity index (χ0n) is 11.7. The summed E-state index contributed by atoms with van der Waals surface area (Å²) in [7, 11) is 0. The molecule has 0 spiro atoms. The Hall–Kier alpha value is -2.15. The number of esters is 1. The van der Waals surface area contributed by atoms with E-state index in [1.54, 1.807) is 13.8 Å². The van der Waals surface area contributed by atoms with Crippen LogP contribution in [0.15, 0.2) is 18.2 Å².